The largest absolute Gasteiger partial charge is 0.497 e. The maximum absolute atomic E-state index is 13.8. The number of carbonyl (C=O) groups is 4. The molecule has 1 aliphatic heterocycles. The van der Waals surface area contributed by atoms with Crippen molar-refractivity contribution in [1.82, 2.24) is 4.90 Å². The van der Waals surface area contributed by atoms with Gasteiger partial charge < -0.3 is 9.47 Å². The lowest BCUT2D eigenvalue weighted by Crippen LogP contribution is -2.57. The van der Waals surface area contributed by atoms with Gasteiger partial charge in [0.25, 0.3) is 0 Å². The molecular weight excluding hydrogens is 577 g/mol. The summed E-state index contributed by atoms with van der Waals surface area (Å²) in [5.74, 6) is -2.51. The highest BCUT2D eigenvalue weighted by atomic mass is 35.5. The van der Waals surface area contributed by atoms with Crippen molar-refractivity contribution in [2.24, 2.45) is 11.8 Å². The van der Waals surface area contributed by atoms with E-state index in [4.69, 9.17) is 32.7 Å². The second kappa shape index (κ2) is 10.9. The number of methoxy groups -OCH3 is 1. The van der Waals surface area contributed by atoms with E-state index in [2.05, 4.69) is 0 Å². The van der Waals surface area contributed by atoms with Crippen LogP contribution in [0.3, 0.4) is 0 Å². The van der Waals surface area contributed by atoms with Gasteiger partial charge in [0.1, 0.15) is 15.5 Å². The van der Waals surface area contributed by atoms with Gasteiger partial charge in [-0.1, -0.05) is 67.1 Å². The molecule has 2 atom stereocenters. The fourth-order valence-corrected chi connectivity index (χ4v) is 7.86. The summed E-state index contributed by atoms with van der Waals surface area (Å²) in [5.41, 5.74) is 3.49. The Bertz CT molecular complexity index is 1480. The molecule has 2 amide bonds. The maximum Gasteiger partial charge on any atom is 0.306 e. The number of halogens is 2. The van der Waals surface area contributed by atoms with Crippen LogP contribution in [0.25, 0.3) is 0 Å². The van der Waals surface area contributed by atoms with Crippen molar-refractivity contribution in [3.63, 3.8) is 0 Å². The van der Waals surface area contributed by atoms with Crippen LogP contribution in [-0.4, -0.2) is 48.7 Å². The van der Waals surface area contributed by atoms with Crippen molar-refractivity contribution in [1.29, 1.82) is 0 Å². The highest BCUT2D eigenvalue weighted by Gasteiger charge is 2.72. The Labute approximate surface area is 253 Å². The van der Waals surface area contributed by atoms with Gasteiger partial charge >= 0.3 is 5.97 Å². The van der Waals surface area contributed by atoms with Crippen LogP contribution < -0.4 is 4.74 Å². The van der Waals surface area contributed by atoms with Crippen LogP contribution in [0.15, 0.2) is 72.8 Å². The molecule has 4 aliphatic rings. The lowest BCUT2D eigenvalue weighted by Gasteiger charge is -2.54. The van der Waals surface area contributed by atoms with Gasteiger partial charge in [0, 0.05) is 18.5 Å². The highest BCUT2D eigenvalue weighted by molar-refractivity contribution is 6.36. The minimum Gasteiger partial charge on any atom is -0.497 e. The van der Waals surface area contributed by atoms with Gasteiger partial charge in [-0.2, -0.15) is 0 Å². The van der Waals surface area contributed by atoms with E-state index >= 15 is 0 Å². The molecule has 7 nitrogen and oxygen atoms in total. The molecule has 0 N–H and O–H groups in total. The van der Waals surface area contributed by atoms with Gasteiger partial charge in [-0.05, 0) is 47.2 Å². The van der Waals surface area contributed by atoms with E-state index < -0.39 is 27.6 Å². The summed E-state index contributed by atoms with van der Waals surface area (Å²) in [4.78, 5) is 51.1. The van der Waals surface area contributed by atoms with E-state index in [9.17, 15) is 19.2 Å². The van der Waals surface area contributed by atoms with E-state index in [1.807, 2.05) is 48.5 Å². The molecule has 0 saturated carbocycles. The summed E-state index contributed by atoms with van der Waals surface area (Å²) < 4.78 is 10.3. The maximum atomic E-state index is 13.8. The fraction of sp³-hybridized carbons (Fsp3) is 0.333. The zero-order valence-electron chi connectivity index (χ0n) is 23.0. The molecule has 0 unspecified atom stereocenters. The first-order valence-electron chi connectivity index (χ1n) is 14.0. The van der Waals surface area contributed by atoms with Crippen molar-refractivity contribution in [3.05, 3.63) is 101 Å². The number of rotatable bonds is 10. The molecule has 3 aromatic carbocycles. The zero-order valence-corrected chi connectivity index (χ0v) is 24.5. The quantitative estimate of drug-likeness (QED) is 0.0986. The van der Waals surface area contributed by atoms with Crippen LogP contribution in [0.4, 0.5) is 0 Å². The van der Waals surface area contributed by atoms with Crippen molar-refractivity contribution in [2.75, 3.05) is 20.3 Å². The van der Waals surface area contributed by atoms with E-state index in [0.717, 1.165) is 22.3 Å². The Balaban J connectivity index is 1.07. The first kappa shape index (κ1) is 28.4. The highest BCUT2D eigenvalue weighted by Crippen LogP contribution is 2.69. The molecule has 3 aliphatic carbocycles. The standard InChI is InChI=1S/C33H29Cl2NO6/c1-41-21-11-9-10-20(18-21)26(37)19-42-27(38)16-3-2-8-17-36-30(39)28-29(31(36)40)33(35)23-13-5-4-12-22(23)32(28,34)24-14-6-7-15-25(24)33/h4-7,9-15,18,28-29H,2-3,8,16-17,19H2,1H3/t28-,29+,32?,33?. The van der Waals surface area contributed by atoms with E-state index in [0.29, 0.717) is 30.6 Å². The molecule has 1 saturated heterocycles. The van der Waals surface area contributed by atoms with Crippen LogP contribution in [0.5, 0.6) is 5.75 Å². The Morgan fingerprint density at radius 3 is 1.86 bits per heavy atom. The molecule has 1 heterocycles. The molecule has 9 heteroatoms. The number of carbonyl (C=O) groups excluding carboxylic acids is 4. The average Bonchev–Trinajstić information content (AvgIpc) is 3.28. The van der Waals surface area contributed by atoms with E-state index in [-0.39, 0.29) is 37.2 Å². The number of ketones is 1. The van der Waals surface area contributed by atoms with Gasteiger partial charge in [-0.3, -0.25) is 24.1 Å². The topological polar surface area (TPSA) is 90.0 Å². The minimum atomic E-state index is -1.19. The van der Waals surface area contributed by atoms with Crippen LogP contribution in [-0.2, 0) is 28.9 Å². The summed E-state index contributed by atoms with van der Waals surface area (Å²) in [6.45, 7) is -0.142. The third-order valence-electron chi connectivity index (χ3n) is 8.70. The molecule has 0 radical (unpaired) electrons. The number of Topliss-reactive ketones (excluding diaryl/α,β-unsaturated/α-hetero) is 1. The second-order valence-electron chi connectivity index (χ2n) is 10.9. The van der Waals surface area contributed by atoms with Crippen LogP contribution in [0.2, 0.25) is 0 Å². The third-order valence-corrected chi connectivity index (χ3v) is 9.98. The van der Waals surface area contributed by atoms with Gasteiger partial charge in [0.15, 0.2) is 12.4 Å². The van der Waals surface area contributed by atoms with Crippen LogP contribution in [0.1, 0.15) is 58.3 Å². The first-order chi connectivity index (χ1) is 20.2. The molecule has 216 valence electrons. The number of amides is 2. The number of hydrogen-bond acceptors (Lipinski definition) is 6. The predicted molar refractivity (Wildman–Crippen MR) is 157 cm³/mol. The Kier molecular flexibility index (Phi) is 7.36. The lowest BCUT2D eigenvalue weighted by atomic mass is 9.54. The smallest absolute Gasteiger partial charge is 0.306 e. The van der Waals surface area contributed by atoms with Crippen molar-refractivity contribution in [3.8, 4) is 5.75 Å². The Hall–Kier alpha value is -3.68. The number of hydrogen-bond donors (Lipinski definition) is 0. The Morgan fingerprint density at radius 2 is 1.33 bits per heavy atom. The van der Waals surface area contributed by atoms with Crippen molar-refractivity contribution >= 4 is 46.8 Å². The van der Waals surface area contributed by atoms with Crippen molar-refractivity contribution in [2.45, 2.75) is 35.4 Å². The normalized spacial score (nSPS) is 25.1. The average molecular weight is 607 g/mol. The van der Waals surface area contributed by atoms with Gasteiger partial charge in [-0.15, -0.1) is 23.2 Å². The number of imide groups is 1. The molecule has 0 spiro atoms. The molecular formula is C33H29Cl2NO6. The van der Waals surface area contributed by atoms with Crippen LogP contribution in [0, 0.1) is 11.8 Å². The number of ether oxygens (including phenoxy) is 2. The molecule has 0 aromatic heterocycles. The summed E-state index contributed by atoms with van der Waals surface area (Å²) in [6, 6.07) is 21.7. The van der Waals surface area contributed by atoms with E-state index in [1.54, 1.807) is 24.3 Å². The SMILES string of the molecule is COc1cccc(C(=O)COC(=O)CCCCCN2C(=O)[C@@H]3[C@H](C2=O)C2(Cl)c4ccccc4C3(Cl)c3ccccc32)c1. The summed E-state index contributed by atoms with van der Waals surface area (Å²) >= 11 is 14.9. The van der Waals surface area contributed by atoms with Gasteiger partial charge in [0.05, 0.1) is 18.9 Å². The lowest BCUT2D eigenvalue weighted by molar-refractivity contribution is -0.143. The Morgan fingerprint density at radius 1 is 0.786 bits per heavy atom. The number of nitrogens with zero attached hydrogens (tertiary/aromatic N) is 1. The number of benzene rings is 3. The van der Waals surface area contributed by atoms with Gasteiger partial charge in [0.2, 0.25) is 11.8 Å². The number of alkyl halides is 2. The fourth-order valence-electron chi connectivity index (χ4n) is 6.76. The summed E-state index contributed by atoms with van der Waals surface area (Å²) in [5, 5.41) is 0. The van der Waals surface area contributed by atoms with Gasteiger partial charge in [-0.25, -0.2) is 0 Å². The second-order valence-corrected chi connectivity index (χ2v) is 12.1. The number of esters is 1. The first-order valence-corrected chi connectivity index (χ1v) is 14.7. The number of unbranched alkanes of at least 4 members (excludes halogenated alkanes) is 2. The molecule has 3 aromatic rings. The minimum absolute atomic E-state index is 0.124. The summed E-state index contributed by atoms with van der Waals surface area (Å²) in [6.07, 6.45) is 1.71. The number of likely N-dealkylation sites (tertiary alicyclic amines) is 1. The zero-order chi connectivity index (χ0) is 29.6. The van der Waals surface area contributed by atoms with Crippen molar-refractivity contribution < 1.29 is 28.7 Å². The van der Waals surface area contributed by atoms with E-state index in [1.165, 1.54) is 12.0 Å². The van der Waals surface area contributed by atoms with Crippen LogP contribution >= 0.6 is 23.2 Å². The predicted octanol–water partition coefficient (Wildman–Crippen LogP) is 5.57. The molecule has 2 bridgehead atoms. The summed E-state index contributed by atoms with van der Waals surface area (Å²) in [7, 11) is 1.51. The molecule has 7 rings (SSSR count). The molecule has 1 fully saturated rings. The molecule has 42 heavy (non-hydrogen) atoms. The third kappa shape index (κ3) is 4.24. The monoisotopic (exact) mass is 605 g/mol.